The molecule has 1 rings (SSSR count). The van der Waals surface area contributed by atoms with Gasteiger partial charge in [0.2, 0.25) is 0 Å². The van der Waals surface area contributed by atoms with Crippen molar-refractivity contribution in [3.05, 3.63) is 29.8 Å². The monoisotopic (exact) mass is 233 g/mol. The number of aliphatic hydroxyl groups is 1. The maximum atomic E-state index is 8.62. The van der Waals surface area contributed by atoms with Gasteiger partial charge >= 0.3 is 0 Å². The van der Waals surface area contributed by atoms with Crippen LogP contribution in [0.3, 0.4) is 0 Å². The molecule has 0 spiro atoms. The summed E-state index contributed by atoms with van der Waals surface area (Å²) in [5.74, 6) is 0.855. The fourth-order valence-corrected chi connectivity index (χ4v) is 1.55. The molecule has 0 atom stereocenters. The van der Waals surface area contributed by atoms with Gasteiger partial charge in [-0.05, 0) is 37.0 Å². The average molecular weight is 233 g/mol. The van der Waals surface area contributed by atoms with E-state index in [1.54, 1.807) is 0 Å². The van der Waals surface area contributed by atoms with Crippen molar-refractivity contribution in [2.24, 2.45) is 0 Å². The minimum Gasteiger partial charge on any atom is -0.494 e. The van der Waals surface area contributed by atoms with E-state index in [0.29, 0.717) is 13.0 Å². The molecular formula is C14H19NO2. The van der Waals surface area contributed by atoms with E-state index in [2.05, 4.69) is 6.07 Å². The lowest BCUT2D eigenvalue weighted by Crippen LogP contribution is -1.97. The Hall–Kier alpha value is -1.53. The summed E-state index contributed by atoms with van der Waals surface area (Å²) in [7, 11) is 0. The summed E-state index contributed by atoms with van der Waals surface area (Å²) in [5, 5.41) is 17.2. The van der Waals surface area contributed by atoms with Gasteiger partial charge in [-0.2, -0.15) is 5.26 Å². The van der Waals surface area contributed by atoms with Crippen LogP contribution in [-0.4, -0.2) is 18.3 Å². The largest absolute Gasteiger partial charge is 0.494 e. The molecule has 3 nitrogen and oxygen atoms in total. The van der Waals surface area contributed by atoms with Gasteiger partial charge in [0.25, 0.3) is 0 Å². The Labute approximate surface area is 103 Å². The van der Waals surface area contributed by atoms with E-state index in [9.17, 15) is 0 Å². The summed E-state index contributed by atoms with van der Waals surface area (Å²) in [4.78, 5) is 0. The van der Waals surface area contributed by atoms with Crippen LogP contribution in [0.5, 0.6) is 5.75 Å². The van der Waals surface area contributed by atoms with Crippen molar-refractivity contribution in [1.82, 2.24) is 0 Å². The van der Waals surface area contributed by atoms with Crippen LogP contribution in [0.2, 0.25) is 0 Å². The van der Waals surface area contributed by atoms with E-state index in [1.807, 2.05) is 24.3 Å². The number of hydrogen-bond acceptors (Lipinski definition) is 3. The average Bonchev–Trinajstić information content (AvgIpc) is 2.36. The van der Waals surface area contributed by atoms with Gasteiger partial charge in [0, 0.05) is 6.61 Å². The first-order valence-corrected chi connectivity index (χ1v) is 6.06. The standard InChI is InChI=1S/C14H19NO2/c15-10-9-13-5-7-14(8-6-13)17-12-4-2-1-3-11-16/h5-8,16H,1-4,9,11-12H2. The van der Waals surface area contributed by atoms with Crippen LogP contribution in [0.1, 0.15) is 31.2 Å². The normalized spacial score (nSPS) is 9.88. The number of ether oxygens (including phenoxy) is 1. The first kappa shape index (κ1) is 13.5. The maximum Gasteiger partial charge on any atom is 0.119 e. The molecule has 0 saturated carbocycles. The molecule has 0 bridgehead atoms. The third kappa shape index (κ3) is 5.94. The number of hydrogen-bond donors (Lipinski definition) is 1. The zero-order valence-corrected chi connectivity index (χ0v) is 10.1. The molecule has 0 unspecified atom stereocenters. The number of benzene rings is 1. The third-order valence-corrected chi connectivity index (χ3v) is 2.53. The van der Waals surface area contributed by atoms with Gasteiger partial charge in [-0.1, -0.05) is 18.6 Å². The van der Waals surface area contributed by atoms with Crippen LogP contribution in [0.25, 0.3) is 0 Å². The minimum absolute atomic E-state index is 0.279. The quantitative estimate of drug-likeness (QED) is 0.702. The highest BCUT2D eigenvalue weighted by molar-refractivity contribution is 5.28. The molecule has 1 aromatic carbocycles. The highest BCUT2D eigenvalue weighted by Crippen LogP contribution is 2.13. The van der Waals surface area contributed by atoms with E-state index in [-0.39, 0.29) is 6.61 Å². The second-order valence-corrected chi connectivity index (χ2v) is 3.97. The fourth-order valence-electron chi connectivity index (χ4n) is 1.55. The SMILES string of the molecule is N#CCc1ccc(OCCCCCCO)cc1. The van der Waals surface area contributed by atoms with Gasteiger partial charge in [-0.15, -0.1) is 0 Å². The van der Waals surface area contributed by atoms with E-state index in [1.165, 1.54) is 0 Å². The number of rotatable bonds is 8. The van der Waals surface area contributed by atoms with Crippen molar-refractivity contribution in [3.63, 3.8) is 0 Å². The first-order chi connectivity index (χ1) is 8.36. The second kappa shape index (κ2) is 8.60. The predicted molar refractivity (Wildman–Crippen MR) is 66.8 cm³/mol. The van der Waals surface area contributed by atoms with E-state index < -0.39 is 0 Å². The summed E-state index contributed by atoms with van der Waals surface area (Å²) >= 11 is 0. The molecule has 0 aliphatic heterocycles. The van der Waals surface area contributed by atoms with Gasteiger partial charge in [0.05, 0.1) is 19.1 Å². The van der Waals surface area contributed by atoms with Crippen molar-refractivity contribution >= 4 is 0 Å². The lowest BCUT2D eigenvalue weighted by atomic mass is 10.2. The molecule has 3 heteroatoms. The number of nitrogens with zero attached hydrogens (tertiary/aromatic N) is 1. The molecular weight excluding hydrogens is 214 g/mol. The summed E-state index contributed by atoms with van der Waals surface area (Å²) in [5.41, 5.74) is 1.02. The molecule has 0 aromatic heterocycles. The molecule has 1 aromatic rings. The summed E-state index contributed by atoms with van der Waals surface area (Å²) < 4.78 is 5.57. The lowest BCUT2D eigenvalue weighted by molar-refractivity contribution is 0.273. The minimum atomic E-state index is 0.279. The second-order valence-electron chi connectivity index (χ2n) is 3.97. The van der Waals surface area contributed by atoms with E-state index in [4.69, 9.17) is 15.1 Å². The summed E-state index contributed by atoms with van der Waals surface area (Å²) in [6, 6.07) is 9.76. The summed E-state index contributed by atoms with van der Waals surface area (Å²) in [6.45, 7) is 0.990. The van der Waals surface area contributed by atoms with Crippen LogP contribution in [-0.2, 0) is 6.42 Å². The molecule has 92 valence electrons. The lowest BCUT2D eigenvalue weighted by Gasteiger charge is -2.06. The van der Waals surface area contributed by atoms with Crippen LogP contribution >= 0.6 is 0 Å². The van der Waals surface area contributed by atoms with E-state index in [0.717, 1.165) is 37.0 Å². The van der Waals surface area contributed by atoms with Crippen molar-refractivity contribution < 1.29 is 9.84 Å². The molecule has 0 radical (unpaired) electrons. The van der Waals surface area contributed by atoms with Crippen LogP contribution in [0, 0.1) is 11.3 Å². The predicted octanol–water partition coefficient (Wildman–Crippen LogP) is 2.68. The molecule has 0 amide bonds. The van der Waals surface area contributed by atoms with Gasteiger partial charge in [0.1, 0.15) is 5.75 Å². The molecule has 17 heavy (non-hydrogen) atoms. The Morgan fingerprint density at radius 2 is 1.76 bits per heavy atom. The van der Waals surface area contributed by atoms with E-state index >= 15 is 0 Å². The smallest absolute Gasteiger partial charge is 0.119 e. The topological polar surface area (TPSA) is 53.2 Å². The molecule has 0 aliphatic rings. The Morgan fingerprint density at radius 3 is 2.41 bits per heavy atom. The first-order valence-electron chi connectivity index (χ1n) is 6.06. The van der Waals surface area contributed by atoms with Gasteiger partial charge in [-0.25, -0.2) is 0 Å². The zero-order chi connectivity index (χ0) is 12.3. The highest BCUT2D eigenvalue weighted by Gasteiger charge is 1.95. The van der Waals surface area contributed by atoms with Crippen LogP contribution < -0.4 is 4.74 Å². The Balaban J connectivity index is 2.17. The number of nitriles is 1. The van der Waals surface area contributed by atoms with Crippen molar-refractivity contribution in [2.45, 2.75) is 32.1 Å². The van der Waals surface area contributed by atoms with Crippen molar-refractivity contribution in [1.29, 1.82) is 5.26 Å². The van der Waals surface area contributed by atoms with Crippen LogP contribution in [0.4, 0.5) is 0 Å². The van der Waals surface area contributed by atoms with Gasteiger partial charge < -0.3 is 9.84 Å². The van der Waals surface area contributed by atoms with Gasteiger partial charge in [-0.3, -0.25) is 0 Å². The molecule has 0 fully saturated rings. The molecule has 0 aliphatic carbocycles. The molecule has 0 heterocycles. The fraction of sp³-hybridized carbons (Fsp3) is 0.500. The third-order valence-electron chi connectivity index (χ3n) is 2.53. The number of aliphatic hydroxyl groups excluding tert-OH is 1. The Kier molecular flexibility index (Phi) is 6.85. The Morgan fingerprint density at radius 1 is 1.06 bits per heavy atom. The molecule has 1 N–H and O–H groups in total. The summed E-state index contributed by atoms with van der Waals surface area (Å²) in [6.07, 6.45) is 4.48. The maximum absolute atomic E-state index is 8.62. The van der Waals surface area contributed by atoms with Crippen LogP contribution in [0.15, 0.2) is 24.3 Å². The highest BCUT2D eigenvalue weighted by atomic mass is 16.5. The van der Waals surface area contributed by atoms with Crippen molar-refractivity contribution in [3.8, 4) is 11.8 Å². The van der Waals surface area contributed by atoms with Gasteiger partial charge in [0.15, 0.2) is 0 Å². The molecule has 0 saturated heterocycles. The Bertz CT molecular complexity index is 340. The number of unbranched alkanes of at least 4 members (excludes halogenated alkanes) is 3. The van der Waals surface area contributed by atoms with Crippen molar-refractivity contribution in [2.75, 3.05) is 13.2 Å². The zero-order valence-electron chi connectivity index (χ0n) is 10.1.